The molecule has 0 radical (unpaired) electrons. The minimum Gasteiger partial charge on any atom is -0.389 e. The number of hydrogen-bond donors (Lipinski definition) is 2. The van der Waals surface area contributed by atoms with E-state index in [1.54, 1.807) is 24.3 Å². The molecule has 98 valence electrons. The Morgan fingerprint density at radius 3 is 2.17 bits per heavy atom. The van der Waals surface area contributed by atoms with Crippen LogP contribution in [0.15, 0.2) is 24.3 Å². The van der Waals surface area contributed by atoms with Gasteiger partial charge in [-0.3, -0.25) is 9.59 Å². The van der Waals surface area contributed by atoms with Gasteiger partial charge in [0.2, 0.25) is 0 Å². The second kappa shape index (κ2) is 6.68. The van der Waals surface area contributed by atoms with E-state index in [1.807, 2.05) is 0 Å². The zero-order chi connectivity index (χ0) is 13.7. The summed E-state index contributed by atoms with van der Waals surface area (Å²) in [4.78, 5) is 21.8. The second-order valence-corrected chi connectivity index (χ2v) is 5.19. The molecular weight excluding hydrogens is 252 g/mol. The number of aliphatic hydroxyl groups is 2. The van der Waals surface area contributed by atoms with Crippen LogP contribution in [0.5, 0.6) is 0 Å². The molecule has 0 aliphatic rings. The molecule has 0 aliphatic heterocycles. The van der Waals surface area contributed by atoms with Gasteiger partial charge in [0.05, 0.1) is 6.10 Å². The van der Waals surface area contributed by atoms with Crippen molar-refractivity contribution < 1.29 is 19.8 Å². The number of carbonyl (C=O) groups excluding carboxylic acids is 2. The Hall–Kier alpha value is -1.17. The van der Waals surface area contributed by atoms with E-state index in [1.165, 1.54) is 13.8 Å². The van der Waals surface area contributed by atoms with Gasteiger partial charge in [-0.05, 0) is 12.5 Å². The highest BCUT2D eigenvalue weighted by Gasteiger charge is 2.19. The highest BCUT2D eigenvalue weighted by molar-refractivity contribution is 8.13. The van der Waals surface area contributed by atoms with Gasteiger partial charge in [-0.1, -0.05) is 36.0 Å². The average molecular weight is 268 g/mol. The zero-order valence-electron chi connectivity index (χ0n) is 10.3. The Morgan fingerprint density at radius 1 is 1.17 bits per heavy atom. The summed E-state index contributed by atoms with van der Waals surface area (Å²) in [5.41, 5.74) is 1.08. The summed E-state index contributed by atoms with van der Waals surface area (Å²) in [6, 6.07) is 6.41. The van der Waals surface area contributed by atoms with Gasteiger partial charge in [-0.2, -0.15) is 0 Å². The van der Waals surface area contributed by atoms with E-state index in [4.69, 9.17) is 0 Å². The summed E-state index contributed by atoms with van der Waals surface area (Å²) in [5, 5.41) is 19.5. The molecule has 0 amide bonds. The summed E-state index contributed by atoms with van der Waals surface area (Å²) in [7, 11) is 0. The molecule has 0 heterocycles. The molecule has 4 nitrogen and oxygen atoms in total. The van der Waals surface area contributed by atoms with Crippen LogP contribution in [-0.2, 0) is 4.79 Å². The molecule has 1 aromatic rings. The van der Waals surface area contributed by atoms with Gasteiger partial charge in [-0.15, -0.1) is 0 Å². The van der Waals surface area contributed by atoms with Crippen LogP contribution < -0.4 is 0 Å². The summed E-state index contributed by atoms with van der Waals surface area (Å²) in [5.74, 6) is 0.0917. The molecule has 2 atom stereocenters. The van der Waals surface area contributed by atoms with Gasteiger partial charge >= 0.3 is 0 Å². The van der Waals surface area contributed by atoms with Crippen LogP contribution >= 0.6 is 11.8 Å². The van der Waals surface area contributed by atoms with Crippen molar-refractivity contribution in [3.63, 3.8) is 0 Å². The largest absolute Gasteiger partial charge is 0.389 e. The fourth-order valence-corrected chi connectivity index (χ4v) is 2.02. The quantitative estimate of drug-likeness (QED) is 0.793. The number of benzene rings is 1. The van der Waals surface area contributed by atoms with E-state index >= 15 is 0 Å². The van der Waals surface area contributed by atoms with E-state index in [9.17, 15) is 19.8 Å². The molecule has 5 heteroatoms. The van der Waals surface area contributed by atoms with Crippen molar-refractivity contribution in [3.8, 4) is 0 Å². The van der Waals surface area contributed by atoms with E-state index in [2.05, 4.69) is 0 Å². The summed E-state index contributed by atoms with van der Waals surface area (Å²) >= 11 is 0.967. The van der Waals surface area contributed by atoms with E-state index in [-0.39, 0.29) is 16.7 Å². The molecule has 2 unspecified atom stereocenters. The molecular formula is C13H16O4S. The molecule has 0 saturated carbocycles. The van der Waals surface area contributed by atoms with E-state index in [0.29, 0.717) is 11.1 Å². The second-order valence-electron chi connectivity index (χ2n) is 3.99. The third kappa shape index (κ3) is 4.25. The van der Waals surface area contributed by atoms with Gasteiger partial charge in [0.15, 0.2) is 10.9 Å². The van der Waals surface area contributed by atoms with Gasteiger partial charge in [-0.25, -0.2) is 0 Å². The van der Waals surface area contributed by atoms with E-state index < -0.39 is 12.2 Å². The molecule has 0 saturated heterocycles. The monoisotopic (exact) mass is 268 g/mol. The summed E-state index contributed by atoms with van der Waals surface area (Å²) in [6.45, 7) is 2.87. The van der Waals surface area contributed by atoms with Crippen LogP contribution in [0.2, 0.25) is 0 Å². The number of ketones is 1. The first-order valence-electron chi connectivity index (χ1n) is 5.52. The van der Waals surface area contributed by atoms with Crippen LogP contribution in [0.4, 0.5) is 0 Å². The van der Waals surface area contributed by atoms with Gasteiger partial charge < -0.3 is 10.2 Å². The molecule has 0 aliphatic carbocycles. The van der Waals surface area contributed by atoms with Crippen LogP contribution in [-0.4, -0.2) is 33.0 Å². The number of rotatable bonds is 5. The first-order chi connectivity index (χ1) is 8.41. The maximum absolute atomic E-state index is 11.1. The maximum atomic E-state index is 11.1. The van der Waals surface area contributed by atoms with Crippen molar-refractivity contribution in [2.24, 2.45) is 0 Å². The minimum atomic E-state index is -1.06. The Labute approximate surface area is 110 Å². The highest BCUT2D eigenvalue weighted by Crippen LogP contribution is 2.20. The van der Waals surface area contributed by atoms with Crippen molar-refractivity contribution >= 4 is 22.7 Å². The van der Waals surface area contributed by atoms with Crippen LogP contribution in [0.3, 0.4) is 0 Å². The molecule has 2 N–H and O–H groups in total. The smallest absolute Gasteiger partial charge is 0.185 e. The van der Waals surface area contributed by atoms with Crippen molar-refractivity contribution in [1.82, 2.24) is 0 Å². The zero-order valence-corrected chi connectivity index (χ0v) is 11.1. The number of aliphatic hydroxyl groups excluding tert-OH is 2. The third-order valence-corrected chi connectivity index (χ3v) is 3.40. The topological polar surface area (TPSA) is 74.6 Å². The molecule has 0 bridgehead atoms. The Kier molecular flexibility index (Phi) is 5.53. The molecule has 0 spiro atoms. The fourth-order valence-electron chi connectivity index (χ4n) is 1.43. The molecule has 1 aromatic carbocycles. The average Bonchev–Trinajstić information content (AvgIpc) is 2.35. The number of thioether (sulfide) groups is 1. The number of Topliss-reactive ketones (excluding diaryl/α,β-unsaturated/α-hetero) is 1. The lowest BCUT2D eigenvalue weighted by molar-refractivity contribution is -0.109. The molecule has 18 heavy (non-hydrogen) atoms. The Morgan fingerprint density at radius 2 is 1.72 bits per heavy atom. The predicted octanol–water partition coefficient (Wildman–Crippen LogP) is 1.56. The Balaban J connectivity index is 2.68. The summed E-state index contributed by atoms with van der Waals surface area (Å²) in [6.07, 6.45) is -2.07. The van der Waals surface area contributed by atoms with Crippen molar-refractivity contribution in [3.05, 3.63) is 35.4 Å². The molecule has 0 aromatic heterocycles. The summed E-state index contributed by atoms with van der Waals surface area (Å²) < 4.78 is 0. The minimum absolute atomic E-state index is 0.0521. The normalized spacial score (nSPS) is 14.0. The molecule has 1 rings (SSSR count). The Bertz CT molecular complexity index is 427. The van der Waals surface area contributed by atoms with Gasteiger partial charge in [0.1, 0.15) is 6.10 Å². The lowest BCUT2D eigenvalue weighted by Gasteiger charge is -2.17. The van der Waals surface area contributed by atoms with Crippen molar-refractivity contribution in [1.29, 1.82) is 0 Å². The van der Waals surface area contributed by atoms with Gasteiger partial charge in [0.25, 0.3) is 0 Å². The predicted molar refractivity (Wildman–Crippen MR) is 70.6 cm³/mol. The highest BCUT2D eigenvalue weighted by atomic mass is 32.2. The van der Waals surface area contributed by atoms with Crippen LogP contribution in [0, 0.1) is 0 Å². The van der Waals surface area contributed by atoms with Crippen LogP contribution in [0.1, 0.15) is 35.9 Å². The first-order valence-corrected chi connectivity index (χ1v) is 6.50. The standard InChI is InChI=1S/C13H16O4S/c1-8(14)10-3-5-11(6-4-10)13(17)12(16)7-18-9(2)15/h3-6,12-13,16-17H,7H2,1-2H3. The third-order valence-electron chi connectivity index (χ3n) is 2.48. The lowest BCUT2D eigenvalue weighted by Crippen LogP contribution is -2.21. The van der Waals surface area contributed by atoms with Gasteiger partial charge in [0, 0.05) is 18.2 Å². The number of carbonyl (C=O) groups is 2. The SMILES string of the molecule is CC(=O)SCC(O)C(O)c1ccc(C(C)=O)cc1. The van der Waals surface area contributed by atoms with Crippen molar-refractivity contribution in [2.75, 3.05) is 5.75 Å². The maximum Gasteiger partial charge on any atom is 0.185 e. The van der Waals surface area contributed by atoms with E-state index in [0.717, 1.165) is 11.8 Å². The van der Waals surface area contributed by atoms with Crippen LogP contribution in [0.25, 0.3) is 0 Å². The molecule has 0 fully saturated rings. The number of hydrogen-bond acceptors (Lipinski definition) is 5. The first kappa shape index (κ1) is 14.9. The lowest BCUT2D eigenvalue weighted by atomic mass is 10.0. The van der Waals surface area contributed by atoms with Crippen molar-refractivity contribution in [2.45, 2.75) is 26.1 Å². The fraction of sp³-hybridized carbons (Fsp3) is 0.385.